The fourth-order valence-corrected chi connectivity index (χ4v) is 1.99. The first-order chi connectivity index (χ1) is 10.5. The first-order valence-electron chi connectivity index (χ1n) is 7.05. The Hall–Kier alpha value is -2.70. The summed E-state index contributed by atoms with van der Waals surface area (Å²) in [6.07, 6.45) is 1.44. The number of hydrogen-bond donors (Lipinski definition) is 1. The van der Waals surface area contributed by atoms with Gasteiger partial charge in [-0.15, -0.1) is 0 Å². The normalized spacial score (nSPS) is 10.3. The molecule has 0 saturated carbocycles. The molecule has 0 aromatic carbocycles. The third kappa shape index (κ3) is 3.49. The van der Waals surface area contributed by atoms with Crippen molar-refractivity contribution < 1.29 is 14.1 Å². The van der Waals surface area contributed by atoms with Gasteiger partial charge in [0.25, 0.3) is 11.8 Å². The predicted molar refractivity (Wildman–Crippen MR) is 80.7 cm³/mol. The third-order valence-corrected chi connectivity index (χ3v) is 3.16. The van der Waals surface area contributed by atoms with E-state index in [1.807, 2.05) is 13.8 Å². The van der Waals surface area contributed by atoms with Gasteiger partial charge in [0.2, 0.25) is 0 Å². The number of carbonyl (C=O) groups is 2. The van der Waals surface area contributed by atoms with Crippen LogP contribution in [0.1, 0.15) is 40.5 Å². The van der Waals surface area contributed by atoms with E-state index in [0.29, 0.717) is 30.2 Å². The average molecular weight is 302 g/mol. The zero-order valence-electron chi connectivity index (χ0n) is 12.8. The maximum atomic E-state index is 12.3. The molecule has 0 bridgehead atoms. The van der Waals surface area contributed by atoms with Crippen LogP contribution in [0, 0.1) is 6.92 Å². The van der Waals surface area contributed by atoms with Gasteiger partial charge >= 0.3 is 0 Å². The standard InChI is InChI=1S/C15H18N4O3/c1-4-19(5-2)15(21)11-6-7-16-12(9-11)14(20)17-13-8-10(3)22-18-13/h6-9H,4-5H2,1-3H3,(H,17,18,20). The summed E-state index contributed by atoms with van der Waals surface area (Å²) in [6.45, 7) is 6.76. The summed E-state index contributed by atoms with van der Waals surface area (Å²) in [6, 6.07) is 4.67. The van der Waals surface area contributed by atoms with Crippen LogP contribution in [0.4, 0.5) is 5.82 Å². The van der Waals surface area contributed by atoms with Gasteiger partial charge in [0.05, 0.1) is 0 Å². The Morgan fingerprint density at radius 2 is 2.00 bits per heavy atom. The van der Waals surface area contributed by atoms with Crippen LogP contribution in [0.5, 0.6) is 0 Å². The van der Waals surface area contributed by atoms with Crippen molar-refractivity contribution in [3.63, 3.8) is 0 Å². The number of aryl methyl sites for hydroxylation is 1. The number of pyridine rings is 1. The highest BCUT2D eigenvalue weighted by molar-refractivity contribution is 6.04. The van der Waals surface area contributed by atoms with Crippen molar-refractivity contribution in [1.82, 2.24) is 15.0 Å². The lowest BCUT2D eigenvalue weighted by molar-refractivity contribution is 0.0773. The van der Waals surface area contributed by atoms with Crippen molar-refractivity contribution in [2.24, 2.45) is 0 Å². The van der Waals surface area contributed by atoms with Gasteiger partial charge in [-0.05, 0) is 32.9 Å². The largest absolute Gasteiger partial charge is 0.360 e. The molecule has 0 aliphatic rings. The van der Waals surface area contributed by atoms with E-state index in [1.165, 1.54) is 12.3 Å². The Kier molecular flexibility index (Phi) is 4.88. The van der Waals surface area contributed by atoms with Crippen molar-refractivity contribution in [1.29, 1.82) is 0 Å². The Morgan fingerprint density at radius 1 is 1.27 bits per heavy atom. The van der Waals surface area contributed by atoms with Crippen LogP contribution in [0.3, 0.4) is 0 Å². The minimum atomic E-state index is -0.442. The lowest BCUT2D eigenvalue weighted by Crippen LogP contribution is -2.30. The molecule has 1 N–H and O–H groups in total. The molecule has 2 aromatic rings. The van der Waals surface area contributed by atoms with E-state index in [1.54, 1.807) is 24.0 Å². The Bertz CT molecular complexity index is 677. The first kappa shape index (κ1) is 15.7. The molecule has 7 heteroatoms. The monoisotopic (exact) mass is 302 g/mol. The van der Waals surface area contributed by atoms with Crippen molar-refractivity contribution in [3.8, 4) is 0 Å². The zero-order chi connectivity index (χ0) is 16.1. The summed E-state index contributed by atoms with van der Waals surface area (Å²) in [7, 11) is 0. The molecule has 7 nitrogen and oxygen atoms in total. The van der Waals surface area contributed by atoms with Crippen molar-refractivity contribution in [3.05, 3.63) is 41.4 Å². The number of aromatic nitrogens is 2. The zero-order valence-corrected chi connectivity index (χ0v) is 12.8. The molecule has 116 valence electrons. The highest BCUT2D eigenvalue weighted by Crippen LogP contribution is 2.11. The minimum absolute atomic E-state index is 0.126. The van der Waals surface area contributed by atoms with Crippen LogP contribution in [0.25, 0.3) is 0 Å². The van der Waals surface area contributed by atoms with Gasteiger partial charge in [0, 0.05) is 30.9 Å². The number of rotatable bonds is 5. The van der Waals surface area contributed by atoms with Gasteiger partial charge in [-0.1, -0.05) is 5.16 Å². The topological polar surface area (TPSA) is 88.3 Å². The van der Waals surface area contributed by atoms with Crippen LogP contribution < -0.4 is 5.32 Å². The molecule has 2 heterocycles. The molecule has 0 atom stereocenters. The SMILES string of the molecule is CCN(CC)C(=O)c1ccnc(C(=O)Nc2cc(C)on2)c1. The molecule has 0 radical (unpaired) electrons. The molecule has 2 rings (SSSR count). The molecule has 0 fully saturated rings. The molecular formula is C15H18N4O3. The van der Waals surface area contributed by atoms with E-state index in [2.05, 4.69) is 15.5 Å². The highest BCUT2D eigenvalue weighted by Gasteiger charge is 2.16. The summed E-state index contributed by atoms with van der Waals surface area (Å²) in [5.41, 5.74) is 0.582. The minimum Gasteiger partial charge on any atom is -0.360 e. The second-order valence-corrected chi connectivity index (χ2v) is 4.68. The number of amides is 2. The van der Waals surface area contributed by atoms with Gasteiger partial charge in [-0.2, -0.15) is 0 Å². The maximum Gasteiger partial charge on any atom is 0.275 e. The molecular weight excluding hydrogens is 284 g/mol. The molecule has 2 aromatic heterocycles. The predicted octanol–water partition coefficient (Wildman–Crippen LogP) is 2.11. The summed E-state index contributed by atoms with van der Waals surface area (Å²) in [5, 5.41) is 6.25. The molecule has 2 amide bonds. The Morgan fingerprint density at radius 3 is 2.59 bits per heavy atom. The fourth-order valence-electron chi connectivity index (χ4n) is 1.99. The third-order valence-electron chi connectivity index (χ3n) is 3.16. The second-order valence-electron chi connectivity index (χ2n) is 4.68. The number of hydrogen-bond acceptors (Lipinski definition) is 5. The summed E-state index contributed by atoms with van der Waals surface area (Å²) >= 11 is 0. The summed E-state index contributed by atoms with van der Waals surface area (Å²) in [5.74, 6) is 0.333. The molecule has 0 spiro atoms. The smallest absolute Gasteiger partial charge is 0.275 e. The van der Waals surface area contributed by atoms with Crippen molar-refractivity contribution >= 4 is 17.6 Å². The van der Waals surface area contributed by atoms with Gasteiger partial charge in [0.15, 0.2) is 5.82 Å². The van der Waals surface area contributed by atoms with Gasteiger partial charge in [-0.3, -0.25) is 14.6 Å². The van der Waals surface area contributed by atoms with E-state index in [0.717, 1.165) is 0 Å². The molecule has 22 heavy (non-hydrogen) atoms. The molecule has 0 unspecified atom stereocenters. The number of anilines is 1. The van der Waals surface area contributed by atoms with E-state index in [4.69, 9.17) is 4.52 Å². The number of nitrogens with one attached hydrogen (secondary N) is 1. The van der Waals surface area contributed by atoms with Gasteiger partial charge < -0.3 is 14.7 Å². The van der Waals surface area contributed by atoms with Crippen LogP contribution in [0.15, 0.2) is 28.9 Å². The lowest BCUT2D eigenvalue weighted by Gasteiger charge is -2.18. The average Bonchev–Trinajstić information content (AvgIpc) is 2.93. The Labute approximate surface area is 128 Å². The Balaban J connectivity index is 2.17. The first-order valence-corrected chi connectivity index (χ1v) is 7.05. The quantitative estimate of drug-likeness (QED) is 0.913. The van der Waals surface area contributed by atoms with E-state index in [9.17, 15) is 9.59 Å². The van der Waals surface area contributed by atoms with E-state index < -0.39 is 5.91 Å². The van der Waals surface area contributed by atoms with Crippen LogP contribution in [-0.4, -0.2) is 39.9 Å². The van der Waals surface area contributed by atoms with Crippen LogP contribution in [0.2, 0.25) is 0 Å². The molecule has 0 aliphatic carbocycles. The highest BCUT2D eigenvalue weighted by atomic mass is 16.5. The van der Waals surface area contributed by atoms with E-state index >= 15 is 0 Å². The second kappa shape index (κ2) is 6.84. The molecule has 0 aliphatic heterocycles. The van der Waals surface area contributed by atoms with Gasteiger partial charge in [0.1, 0.15) is 11.5 Å². The number of carbonyl (C=O) groups excluding carboxylic acids is 2. The van der Waals surface area contributed by atoms with Crippen molar-refractivity contribution in [2.45, 2.75) is 20.8 Å². The summed E-state index contributed by atoms with van der Waals surface area (Å²) in [4.78, 5) is 30.1. The van der Waals surface area contributed by atoms with Crippen LogP contribution in [-0.2, 0) is 0 Å². The van der Waals surface area contributed by atoms with Crippen molar-refractivity contribution in [2.75, 3.05) is 18.4 Å². The maximum absolute atomic E-state index is 12.3. The van der Waals surface area contributed by atoms with Crippen LogP contribution >= 0.6 is 0 Å². The summed E-state index contributed by atoms with van der Waals surface area (Å²) < 4.78 is 4.88. The van der Waals surface area contributed by atoms with Gasteiger partial charge in [-0.25, -0.2) is 0 Å². The van der Waals surface area contributed by atoms with E-state index in [-0.39, 0.29) is 11.6 Å². The fraction of sp³-hybridized carbons (Fsp3) is 0.333. The number of nitrogens with zero attached hydrogens (tertiary/aromatic N) is 3. The molecule has 0 saturated heterocycles. The lowest BCUT2D eigenvalue weighted by atomic mass is 10.2.